The Morgan fingerprint density at radius 1 is 1.62 bits per heavy atom. The van der Waals surface area contributed by atoms with E-state index < -0.39 is 0 Å². The van der Waals surface area contributed by atoms with Crippen LogP contribution in [0, 0.1) is 11.3 Å². The molecule has 0 radical (unpaired) electrons. The van der Waals surface area contributed by atoms with E-state index in [1.807, 2.05) is 16.8 Å². The van der Waals surface area contributed by atoms with Crippen LogP contribution in [0.15, 0.2) is 18.3 Å². The van der Waals surface area contributed by atoms with Crippen LogP contribution in [0.3, 0.4) is 0 Å². The number of hydrogen-bond acceptors (Lipinski definition) is 3. The van der Waals surface area contributed by atoms with E-state index >= 15 is 0 Å². The van der Waals surface area contributed by atoms with Crippen molar-refractivity contribution in [2.24, 2.45) is 0 Å². The summed E-state index contributed by atoms with van der Waals surface area (Å²) in [4.78, 5) is 0. The van der Waals surface area contributed by atoms with Gasteiger partial charge in [-0.15, -0.1) is 0 Å². The zero-order valence-corrected chi connectivity index (χ0v) is 7.14. The van der Waals surface area contributed by atoms with E-state index in [1.54, 1.807) is 6.07 Å². The van der Waals surface area contributed by atoms with Gasteiger partial charge in [0.25, 0.3) is 0 Å². The third kappa shape index (κ3) is 1.32. The van der Waals surface area contributed by atoms with Gasteiger partial charge in [-0.05, 0) is 12.1 Å². The summed E-state index contributed by atoms with van der Waals surface area (Å²) < 4.78 is 1.82. The summed E-state index contributed by atoms with van der Waals surface area (Å²) in [6.07, 6.45) is 1.44. The van der Waals surface area contributed by atoms with Crippen LogP contribution in [0.25, 0.3) is 0 Å². The maximum Gasteiger partial charge on any atom is 0.120 e. The molecule has 68 valence electrons. The number of nitrogens with zero attached hydrogens (tertiary/aromatic N) is 2. The van der Waals surface area contributed by atoms with Crippen molar-refractivity contribution in [3.8, 4) is 6.07 Å². The average molecular weight is 177 g/mol. The first kappa shape index (κ1) is 8.30. The Balaban J connectivity index is 2.30. The lowest BCUT2D eigenvalue weighted by Gasteiger charge is -2.16. The number of aromatic nitrogens is 1. The molecule has 1 aromatic rings. The number of hydrogen-bond donors (Lipinski definition) is 2. The summed E-state index contributed by atoms with van der Waals surface area (Å²) in [7, 11) is 0. The molecular weight excluding hydrogens is 166 g/mol. The van der Waals surface area contributed by atoms with Gasteiger partial charge < -0.3 is 15.0 Å². The Kier molecular flexibility index (Phi) is 2.05. The van der Waals surface area contributed by atoms with Crippen molar-refractivity contribution in [2.75, 3.05) is 13.1 Å². The monoisotopic (exact) mass is 177 g/mol. The molecule has 2 N–H and O–H groups in total. The molecule has 1 aliphatic rings. The van der Waals surface area contributed by atoms with Gasteiger partial charge in [0.2, 0.25) is 0 Å². The number of nitriles is 1. The lowest BCUT2D eigenvalue weighted by molar-refractivity contribution is 0.151. The molecule has 0 bridgehead atoms. The third-order valence-electron chi connectivity index (χ3n) is 2.40. The minimum atomic E-state index is -0.389. The second-order valence-corrected chi connectivity index (χ2v) is 3.21. The van der Waals surface area contributed by atoms with Gasteiger partial charge in [0.15, 0.2) is 0 Å². The van der Waals surface area contributed by atoms with Crippen molar-refractivity contribution in [1.82, 2.24) is 9.88 Å². The second-order valence-electron chi connectivity index (χ2n) is 3.21. The molecule has 1 aliphatic heterocycles. The van der Waals surface area contributed by atoms with E-state index in [9.17, 15) is 5.11 Å². The van der Waals surface area contributed by atoms with E-state index in [1.165, 1.54) is 0 Å². The average Bonchev–Trinajstić information content (AvgIpc) is 2.71. The largest absolute Gasteiger partial charge is 0.390 e. The number of nitrogens with one attached hydrogen (secondary N) is 1. The fourth-order valence-corrected chi connectivity index (χ4v) is 1.71. The van der Waals surface area contributed by atoms with Crippen LogP contribution in [0.4, 0.5) is 0 Å². The maximum absolute atomic E-state index is 9.59. The van der Waals surface area contributed by atoms with E-state index in [4.69, 9.17) is 5.26 Å². The Labute approximate surface area is 76.4 Å². The molecule has 1 aromatic heterocycles. The first-order chi connectivity index (χ1) is 6.33. The van der Waals surface area contributed by atoms with E-state index in [0.29, 0.717) is 12.2 Å². The highest BCUT2D eigenvalue weighted by molar-refractivity contribution is 5.23. The van der Waals surface area contributed by atoms with E-state index in [2.05, 4.69) is 11.4 Å². The Morgan fingerprint density at radius 2 is 2.46 bits per heavy atom. The normalized spacial score (nSPS) is 27.4. The fourth-order valence-electron chi connectivity index (χ4n) is 1.71. The molecular formula is C9H11N3O. The Morgan fingerprint density at radius 3 is 3.08 bits per heavy atom. The Hall–Kier alpha value is -1.31. The van der Waals surface area contributed by atoms with Gasteiger partial charge in [-0.25, -0.2) is 0 Å². The molecule has 0 aliphatic carbocycles. The van der Waals surface area contributed by atoms with Gasteiger partial charge in [0.1, 0.15) is 11.8 Å². The maximum atomic E-state index is 9.59. The summed E-state index contributed by atoms with van der Waals surface area (Å²) >= 11 is 0. The van der Waals surface area contributed by atoms with Crippen molar-refractivity contribution in [2.45, 2.75) is 12.1 Å². The zero-order valence-electron chi connectivity index (χ0n) is 7.14. The number of β-amino-alcohol motifs (C(OH)–C–C–N with tert-alkyl or cyclic N) is 1. The summed E-state index contributed by atoms with van der Waals surface area (Å²) in [5.74, 6) is 0. The molecule has 0 amide bonds. The molecule has 0 saturated carbocycles. The van der Waals surface area contributed by atoms with Gasteiger partial charge >= 0.3 is 0 Å². The van der Waals surface area contributed by atoms with Gasteiger partial charge in [-0.2, -0.15) is 5.26 Å². The van der Waals surface area contributed by atoms with Gasteiger partial charge in [0.05, 0.1) is 12.1 Å². The molecule has 4 nitrogen and oxygen atoms in total. The standard InChI is InChI=1S/C9H11N3O/c10-4-7-2-1-3-12(7)8-5-11-6-9(8)13/h1-3,8-9,11,13H,5-6H2/t8-,9-/m1/s1. The summed E-state index contributed by atoms with van der Waals surface area (Å²) in [6, 6.07) is 5.68. The molecule has 13 heavy (non-hydrogen) atoms. The predicted octanol–water partition coefficient (Wildman–Crippen LogP) is -0.135. The quantitative estimate of drug-likeness (QED) is 0.628. The first-order valence-electron chi connectivity index (χ1n) is 4.28. The van der Waals surface area contributed by atoms with Crippen LogP contribution in [-0.2, 0) is 0 Å². The molecule has 0 aromatic carbocycles. The third-order valence-corrected chi connectivity index (χ3v) is 2.40. The van der Waals surface area contributed by atoms with Gasteiger partial charge in [0, 0.05) is 19.3 Å². The molecule has 1 saturated heterocycles. The molecule has 0 unspecified atom stereocenters. The fraction of sp³-hybridized carbons (Fsp3) is 0.444. The van der Waals surface area contributed by atoms with Crippen molar-refractivity contribution < 1.29 is 5.11 Å². The Bertz CT molecular complexity index is 339. The van der Waals surface area contributed by atoms with Crippen LogP contribution in [0.5, 0.6) is 0 Å². The van der Waals surface area contributed by atoms with Crippen molar-refractivity contribution in [1.29, 1.82) is 5.26 Å². The number of rotatable bonds is 1. The smallest absolute Gasteiger partial charge is 0.120 e. The van der Waals surface area contributed by atoms with E-state index in [-0.39, 0.29) is 12.1 Å². The van der Waals surface area contributed by atoms with Crippen LogP contribution in [-0.4, -0.2) is 28.9 Å². The summed E-state index contributed by atoms with van der Waals surface area (Å²) in [5.41, 5.74) is 0.604. The highest BCUT2D eigenvalue weighted by Gasteiger charge is 2.27. The van der Waals surface area contributed by atoms with Crippen molar-refractivity contribution in [3.63, 3.8) is 0 Å². The van der Waals surface area contributed by atoms with E-state index in [0.717, 1.165) is 6.54 Å². The zero-order chi connectivity index (χ0) is 9.26. The minimum absolute atomic E-state index is 0.00431. The van der Waals surface area contributed by atoms with Crippen LogP contribution in [0.1, 0.15) is 11.7 Å². The summed E-state index contributed by atoms with van der Waals surface area (Å²) in [6.45, 7) is 1.33. The van der Waals surface area contributed by atoms with Crippen LogP contribution >= 0.6 is 0 Å². The molecule has 0 spiro atoms. The van der Waals surface area contributed by atoms with Gasteiger partial charge in [-0.3, -0.25) is 0 Å². The van der Waals surface area contributed by atoms with Crippen LogP contribution < -0.4 is 5.32 Å². The molecule has 1 fully saturated rings. The topological polar surface area (TPSA) is 61.0 Å². The predicted molar refractivity (Wildman–Crippen MR) is 47.1 cm³/mol. The minimum Gasteiger partial charge on any atom is -0.390 e. The van der Waals surface area contributed by atoms with Crippen molar-refractivity contribution >= 4 is 0 Å². The highest BCUT2D eigenvalue weighted by Crippen LogP contribution is 2.18. The second kappa shape index (κ2) is 3.21. The molecule has 2 heterocycles. The lowest BCUT2D eigenvalue weighted by Crippen LogP contribution is -2.22. The summed E-state index contributed by atoms with van der Waals surface area (Å²) in [5, 5.41) is 21.5. The van der Waals surface area contributed by atoms with Crippen LogP contribution in [0.2, 0.25) is 0 Å². The first-order valence-corrected chi connectivity index (χ1v) is 4.28. The number of aliphatic hydroxyl groups excluding tert-OH is 1. The molecule has 4 heteroatoms. The highest BCUT2D eigenvalue weighted by atomic mass is 16.3. The van der Waals surface area contributed by atoms with Gasteiger partial charge in [-0.1, -0.05) is 0 Å². The lowest BCUT2D eigenvalue weighted by atomic mass is 10.2. The number of aliphatic hydroxyl groups is 1. The van der Waals surface area contributed by atoms with Crippen molar-refractivity contribution in [3.05, 3.63) is 24.0 Å². The molecule has 2 rings (SSSR count). The SMILES string of the molecule is N#Cc1cccn1[C@@H]1CNC[C@H]1O. The molecule has 2 atom stereocenters.